The molecule has 186 valence electrons. The van der Waals surface area contributed by atoms with Gasteiger partial charge in [-0.2, -0.15) is 0 Å². The number of nitrogens with zero attached hydrogens (tertiary/aromatic N) is 2. The van der Waals surface area contributed by atoms with E-state index in [9.17, 15) is 18.0 Å². The Hall–Kier alpha value is -2.58. The zero-order chi connectivity index (χ0) is 25.3. The fourth-order valence-electron chi connectivity index (χ4n) is 3.50. The van der Waals surface area contributed by atoms with Crippen LogP contribution >= 0.6 is 11.6 Å². The summed E-state index contributed by atoms with van der Waals surface area (Å²) in [6, 6.07) is 13.8. The number of nitrogens with one attached hydrogen (secondary N) is 1. The normalized spacial score (nSPS) is 12.1. The molecule has 0 radical (unpaired) electrons. The number of hydrogen-bond acceptors (Lipinski definition) is 4. The number of amides is 2. The lowest BCUT2D eigenvalue weighted by Gasteiger charge is -2.29. The van der Waals surface area contributed by atoms with E-state index in [0.717, 1.165) is 23.8 Å². The van der Waals surface area contributed by atoms with Gasteiger partial charge < -0.3 is 10.2 Å². The number of hydrogen-bond donors (Lipinski definition) is 1. The maximum atomic E-state index is 13.2. The molecule has 0 aromatic heterocycles. The van der Waals surface area contributed by atoms with Crippen molar-refractivity contribution in [1.29, 1.82) is 0 Å². The van der Waals surface area contributed by atoms with Gasteiger partial charge in [0.2, 0.25) is 21.8 Å². The molecule has 0 aliphatic heterocycles. The molecule has 2 amide bonds. The Bertz CT molecular complexity index is 1070. The SMILES string of the molecule is CCCNC(=O)C(C)N(Cc1ccc(C)cc1)C(=O)CCCN(c1cccc(Cl)c1)S(C)(=O)=O. The van der Waals surface area contributed by atoms with Crippen LogP contribution in [0, 0.1) is 6.92 Å². The van der Waals surface area contributed by atoms with Crippen LogP contribution in [0.2, 0.25) is 5.02 Å². The molecule has 0 aliphatic carbocycles. The first kappa shape index (κ1) is 27.7. The van der Waals surface area contributed by atoms with Crippen molar-refractivity contribution in [3.8, 4) is 0 Å². The highest BCUT2D eigenvalue weighted by Gasteiger charge is 2.26. The molecule has 0 spiro atoms. The van der Waals surface area contributed by atoms with Gasteiger partial charge in [-0.25, -0.2) is 8.42 Å². The van der Waals surface area contributed by atoms with Crippen LogP contribution in [0.4, 0.5) is 5.69 Å². The maximum absolute atomic E-state index is 13.2. The molecule has 0 bridgehead atoms. The summed E-state index contributed by atoms with van der Waals surface area (Å²) in [6.07, 6.45) is 2.32. The Balaban J connectivity index is 2.14. The average Bonchev–Trinajstić information content (AvgIpc) is 2.78. The minimum atomic E-state index is -3.56. The minimum Gasteiger partial charge on any atom is -0.354 e. The molecule has 2 aromatic rings. The first-order chi connectivity index (χ1) is 16.0. The number of rotatable bonds is 12. The fraction of sp³-hybridized carbons (Fsp3) is 0.440. The van der Waals surface area contributed by atoms with Gasteiger partial charge in [0.25, 0.3) is 0 Å². The maximum Gasteiger partial charge on any atom is 0.242 e. The molecule has 7 nitrogen and oxygen atoms in total. The molecule has 1 unspecified atom stereocenters. The van der Waals surface area contributed by atoms with Crippen molar-refractivity contribution in [2.75, 3.05) is 23.7 Å². The summed E-state index contributed by atoms with van der Waals surface area (Å²) >= 11 is 6.03. The largest absolute Gasteiger partial charge is 0.354 e. The van der Waals surface area contributed by atoms with E-state index < -0.39 is 16.1 Å². The molecule has 9 heteroatoms. The molecule has 1 N–H and O–H groups in total. The molecule has 0 saturated carbocycles. The molecular weight excluding hydrogens is 474 g/mol. The second kappa shape index (κ2) is 12.8. The summed E-state index contributed by atoms with van der Waals surface area (Å²) in [4.78, 5) is 27.4. The number of carbonyl (C=O) groups excluding carboxylic acids is 2. The summed E-state index contributed by atoms with van der Waals surface area (Å²) in [6.45, 7) is 6.63. The standard InChI is InChI=1S/C25H34ClN3O4S/c1-5-15-27-25(31)20(3)28(18-21-13-11-19(2)12-14-21)24(30)10-7-16-29(34(4,32)33)23-9-6-8-22(26)17-23/h6,8-9,11-14,17,20H,5,7,10,15-16,18H2,1-4H3,(H,27,31). The molecule has 2 aromatic carbocycles. The van der Waals surface area contributed by atoms with Crippen molar-refractivity contribution in [1.82, 2.24) is 10.2 Å². The van der Waals surface area contributed by atoms with Gasteiger partial charge in [-0.15, -0.1) is 0 Å². The van der Waals surface area contributed by atoms with Gasteiger partial charge in [-0.05, 0) is 50.5 Å². The Labute approximate surface area is 208 Å². The van der Waals surface area contributed by atoms with E-state index in [-0.39, 0.29) is 24.8 Å². The quantitative estimate of drug-likeness (QED) is 0.467. The first-order valence-corrected chi connectivity index (χ1v) is 13.6. The van der Waals surface area contributed by atoms with Crippen LogP contribution < -0.4 is 9.62 Å². The topological polar surface area (TPSA) is 86.8 Å². The molecule has 34 heavy (non-hydrogen) atoms. The number of anilines is 1. The van der Waals surface area contributed by atoms with E-state index >= 15 is 0 Å². The van der Waals surface area contributed by atoms with E-state index in [1.807, 2.05) is 38.1 Å². The number of sulfonamides is 1. The highest BCUT2D eigenvalue weighted by molar-refractivity contribution is 7.92. The summed E-state index contributed by atoms with van der Waals surface area (Å²) in [5.41, 5.74) is 2.48. The monoisotopic (exact) mass is 507 g/mol. The van der Waals surface area contributed by atoms with Gasteiger partial charge >= 0.3 is 0 Å². The van der Waals surface area contributed by atoms with Gasteiger partial charge in [0.1, 0.15) is 6.04 Å². The highest BCUT2D eigenvalue weighted by Crippen LogP contribution is 2.22. The summed E-state index contributed by atoms with van der Waals surface area (Å²) in [7, 11) is -3.56. The van der Waals surface area contributed by atoms with E-state index in [1.165, 1.54) is 4.31 Å². The smallest absolute Gasteiger partial charge is 0.242 e. The lowest BCUT2D eigenvalue weighted by Crippen LogP contribution is -2.47. The van der Waals surface area contributed by atoms with Crippen molar-refractivity contribution >= 4 is 39.1 Å². The van der Waals surface area contributed by atoms with E-state index in [1.54, 1.807) is 36.1 Å². The average molecular weight is 508 g/mol. The van der Waals surface area contributed by atoms with Crippen LogP contribution in [0.15, 0.2) is 48.5 Å². The van der Waals surface area contributed by atoms with Crippen LogP contribution in [0.25, 0.3) is 0 Å². The molecule has 0 aliphatic rings. The Morgan fingerprint density at radius 2 is 1.79 bits per heavy atom. The summed E-state index contributed by atoms with van der Waals surface area (Å²) in [5.74, 6) is -0.418. The lowest BCUT2D eigenvalue weighted by molar-refractivity contribution is -0.140. The second-order valence-corrected chi connectivity index (χ2v) is 10.7. The van der Waals surface area contributed by atoms with Gasteiger partial charge in [-0.3, -0.25) is 13.9 Å². The van der Waals surface area contributed by atoms with Gasteiger partial charge in [0.05, 0.1) is 11.9 Å². The predicted octanol–water partition coefficient (Wildman–Crippen LogP) is 4.14. The predicted molar refractivity (Wildman–Crippen MR) is 137 cm³/mol. The van der Waals surface area contributed by atoms with Crippen LogP contribution in [0.5, 0.6) is 0 Å². The summed E-state index contributed by atoms with van der Waals surface area (Å²) in [5, 5.41) is 3.28. The number of aryl methyl sites for hydroxylation is 1. The Kier molecular flexibility index (Phi) is 10.4. The third kappa shape index (κ3) is 8.33. The van der Waals surface area contributed by atoms with Gasteiger partial charge in [0, 0.05) is 31.1 Å². The van der Waals surface area contributed by atoms with Gasteiger partial charge in [-0.1, -0.05) is 54.4 Å². The first-order valence-electron chi connectivity index (χ1n) is 11.4. The Morgan fingerprint density at radius 1 is 1.12 bits per heavy atom. The highest BCUT2D eigenvalue weighted by atomic mass is 35.5. The van der Waals surface area contributed by atoms with E-state index in [2.05, 4.69) is 5.32 Å². The van der Waals surface area contributed by atoms with Crippen LogP contribution in [-0.4, -0.2) is 50.5 Å². The third-order valence-electron chi connectivity index (χ3n) is 5.44. The zero-order valence-corrected chi connectivity index (χ0v) is 21.8. The number of carbonyl (C=O) groups is 2. The molecule has 2 rings (SSSR count). The van der Waals surface area contributed by atoms with E-state index in [0.29, 0.717) is 30.2 Å². The second-order valence-electron chi connectivity index (χ2n) is 8.39. The minimum absolute atomic E-state index is 0.101. The number of halogens is 1. The number of benzene rings is 2. The summed E-state index contributed by atoms with van der Waals surface area (Å²) < 4.78 is 26.0. The van der Waals surface area contributed by atoms with Crippen molar-refractivity contribution in [3.63, 3.8) is 0 Å². The van der Waals surface area contributed by atoms with Gasteiger partial charge in [0.15, 0.2) is 0 Å². The zero-order valence-electron chi connectivity index (χ0n) is 20.3. The van der Waals surface area contributed by atoms with Crippen molar-refractivity contribution in [2.24, 2.45) is 0 Å². The van der Waals surface area contributed by atoms with Crippen molar-refractivity contribution in [2.45, 2.75) is 52.6 Å². The van der Waals surface area contributed by atoms with Crippen molar-refractivity contribution < 1.29 is 18.0 Å². The molecule has 1 atom stereocenters. The van der Waals surface area contributed by atoms with Crippen LogP contribution in [0.1, 0.15) is 44.2 Å². The fourth-order valence-corrected chi connectivity index (χ4v) is 4.65. The van der Waals surface area contributed by atoms with Crippen LogP contribution in [-0.2, 0) is 26.2 Å². The third-order valence-corrected chi connectivity index (χ3v) is 6.87. The molecular formula is C25H34ClN3O4S. The molecule has 0 fully saturated rings. The molecule has 0 heterocycles. The lowest BCUT2D eigenvalue weighted by atomic mass is 10.1. The van der Waals surface area contributed by atoms with E-state index in [4.69, 9.17) is 11.6 Å². The molecule has 0 saturated heterocycles. The Morgan fingerprint density at radius 3 is 2.38 bits per heavy atom. The van der Waals surface area contributed by atoms with Crippen LogP contribution in [0.3, 0.4) is 0 Å². The van der Waals surface area contributed by atoms with Crippen molar-refractivity contribution in [3.05, 3.63) is 64.7 Å².